The maximum Gasteiger partial charge on any atom is 0.195 e. The lowest BCUT2D eigenvalue weighted by Gasteiger charge is -2.31. The lowest BCUT2D eigenvalue weighted by Crippen LogP contribution is -2.31. The van der Waals surface area contributed by atoms with Crippen LogP contribution in [0.25, 0.3) is 0 Å². The Morgan fingerprint density at radius 1 is 1.43 bits per heavy atom. The van der Waals surface area contributed by atoms with Crippen LogP contribution in [-0.4, -0.2) is 11.0 Å². The van der Waals surface area contributed by atoms with Gasteiger partial charge in [0.2, 0.25) is 0 Å². The van der Waals surface area contributed by atoms with Gasteiger partial charge in [-0.15, -0.1) is 0 Å². The number of quaternary nitrogens is 1. The van der Waals surface area contributed by atoms with Crippen LogP contribution in [0.15, 0.2) is 41.7 Å². The molecule has 0 aliphatic carbocycles. The monoisotopic (exact) mass is 189 g/mol. The van der Waals surface area contributed by atoms with Gasteiger partial charge in [0.05, 0.1) is 6.20 Å². The summed E-state index contributed by atoms with van der Waals surface area (Å²) >= 11 is 0. The van der Waals surface area contributed by atoms with E-state index in [2.05, 4.69) is 4.99 Å². The second kappa shape index (κ2) is 3.25. The second-order valence-corrected chi connectivity index (χ2v) is 3.32. The van der Waals surface area contributed by atoms with Gasteiger partial charge < -0.3 is 10.9 Å². The summed E-state index contributed by atoms with van der Waals surface area (Å²) in [5.74, 6) is 0. The van der Waals surface area contributed by atoms with Gasteiger partial charge in [0.15, 0.2) is 6.34 Å². The van der Waals surface area contributed by atoms with Crippen LogP contribution in [0.1, 0.15) is 5.56 Å². The minimum absolute atomic E-state index is 0.338. The number of hydrogen-bond acceptors (Lipinski definition) is 3. The fourth-order valence-corrected chi connectivity index (χ4v) is 1.41. The summed E-state index contributed by atoms with van der Waals surface area (Å²) < 4.78 is -0.538. The maximum atomic E-state index is 11.8. The molecular weight excluding hydrogens is 178 g/mol. The van der Waals surface area contributed by atoms with Crippen LogP contribution in [0.3, 0.4) is 0 Å². The molecule has 0 bridgehead atoms. The summed E-state index contributed by atoms with van der Waals surface area (Å²) in [6, 6.07) is 7.33. The smallest absolute Gasteiger partial charge is 0.195 e. The van der Waals surface area contributed by atoms with E-state index in [9.17, 15) is 5.21 Å². The van der Waals surface area contributed by atoms with Gasteiger partial charge in [0, 0.05) is 11.3 Å². The highest BCUT2D eigenvalue weighted by Gasteiger charge is 2.15. The Hall–Kier alpha value is -1.65. The molecule has 72 valence electrons. The second-order valence-electron chi connectivity index (χ2n) is 3.32. The van der Waals surface area contributed by atoms with Crippen molar-refractivity contribution < 1.29 is 4.65 Å². The summed E-state index contributed by atoms with van der Waals surface area (Å²) in [5, 5.41) is 11.8. The number of hydroxylamine groups is 3. The molecule has 2 N–H and O–H groups in total. The molecule has 0 spiro atoms. The SMILES string of the molecule is Nc1cccc(C[N+]2([O-])C=CN=C2)c1. The van der Waals surface area contributed by atoms with Crippen molar-refractivity contribution in [2.75, 3.05) is 5.73 Å². The van der Waals surface area contributed by atoms with E-state index in [-0.39, 0.29) is 0 Å². The number of rotatable bonds is 2. The van der Waals surface area contributed by atoms with Crippen molar-refractivity contribution in [2.45, 2.75) is 6.54 Å². The van der Waals surface area contributed by atoms with E-state index in [1.54, 1.807) is 12.1 Å². The first-order chi connectivity index (χ1) is 6.68. The maximum absolute atomic E-state index is 11.8. The molecule has 0 fully saturated rings. The summed E-state index contributed by atoms with van der Waals surface area (Å²) in [4.78, 5) is 3.78. The highest BCUT2D eigenvalue weighted by Crippen LogP contribution is 2.16. The molecule has 0 radical (unpaired) electrons. The molecule has 1 aromatic carbocycles. The van der Waals surface area contributed by atoms with E-state index in [4.69, 9.17) is 5.73 Å². The fraction of sp³-hybridized carbons (Fsp3) is 0.100. The molecule has 1 aliphatic heterocycles. The Labute approximate surface area is 82.1 Å². The molecule has 0 saturated carbocycles. The molecule has 4 heteroatoms. The first kappa shape index (κ1) is 8.93. The lowest BCUT2D eigenvalue weighted by atomic mass is 10.2. The molecule has 2 rings (SSSR count). The van der Waals surface area contributed by atoms with Crippen molar-refractivity contribution in [1.29, 1.82) is 0 Å². The first-order valence-corrected chi connectivity index (χ1v) is 4.33. The topological polar surface area (TPSA) is 61.4 Å². The zero-order chi connectivity index (χ0) is 10.0. The fourth-order valence-electron chi connectivity index (χ4n) is 1.41. The Balaban J connectivity index is 2.18. The van der Waals surface area contributed by atoms with Crippen molar-refractivity contribution in [3.8, 4) is 0 Å². The number of benzene rings is 1. The molecular formula is C10H11N3O. The number of nitrogens with zero attached hydrogens (tertiary/aromatic N) is 2. The summed E-state index contributed by atoms with van der Waals surface area (Å²) in [6.45, 7) is 0.338. The predicted octanol–water partition coefficient (Wildman–Crippen LogP) is 1.60. The molecule has 1 aromatic rings. The van der Waals surface area contributed by atoms with E-state index in [1.807, 2.05) is 12.1 Å². The third-order valence-electron chi connectivity index (χ3n) is 2.05. The minimum Gasteiger partial charge on any atom is -0.621 e. The normalized spacial score (nSPS) is 24.4. The highest BCUT2D eigenvalue weighted by molar-refractivity contribution is 5.51. The summed E-state index contributed by atoms with van der Waals surface area (Å²) in [7, 11) is 0. The van der Waals surface area contributed by atoms with E-state index in [0.717, 1.165) is 5.56 Å². The quantitative estimate of drug-likeness (QED) is 0.436. The molecule has 14 heavy (non-hydrogen) atoms. The molecule has 0 aromatic heterocycles. The third-order valence-corrected chi connectivity index (χ3v) is 2.05. The van der Waals surface area contributed by atoms with Crippen LogP contribution in [0.2, 0.25) is 0 Å². The molecule has 1 unspecified atom stereocenters. The van der Waals surface area contributed by atoms with Crippen molar-refractivity contribution in [1.82, 2.24) is 0 Å². The van der Waals surface area contributed by atoms with E-state index < -0.39 is 4.65 Å². The van der Waals surface area contributed by atoms with Gasteiger partial charge in [-0.1, -0.05) is 12.1 Å². The van der Waals surface area contributed by atoms with Gasteiger partial charge in [0.1, 0.15) is 12.7 Å². The Morgan fingerprint density at radius 2 is 2.29 bits per heavy atom. The number of anilines is 1. The van der Waals surface area contributed by atoms with Gasteiger partial charge >= 0.3 is 0 Å². The summed E-state index contributed by atoms with van der Waals surface area (Å²) in [5.41, 5.74) is 7.21. The van der Waals surface area contributed by atoms with Gasteiger partial charge in [-0.05, 0) is 12.1 Å². The van der Waals surface area contributed by atoms with E-state index in [0.29, 0.717) is 12.2 Å². The molecule has 0 amide bonds. The van der Waals surface area contributed by atoms with Gasteiger partial charge in [-0.2, -0.15) is 0 Å². The Morgan fingerprint density at radius 3 is 2.93 bits per heavy atom. The molecule has 4 nitrogen and oxygen atoms in total. The number of aliphatic imine (C=N–C) groups is 1. The minimum atomic E-state index is -0.538. The van der Waals surface area contributed by atoms with Crippen LogP contribution in [0.4, 0.5) is 5.69 Å². The van der Waals surface area contributed by atoms with Crippen molar-refractivity contribution in [3.63, 3.8) is 0 Å². The predicted molar refractivity (Wildman–Crippen MR) is 55.8 cm³/mol. The molecule has 0 saturated heterocycles. The average molecular weight is 189 g/mol. The van der Waals surface area contributed by atoms with Gasteiger partial charge in [-0.25, -0.2) is 4.99 Å². The van der Waals surface area contributed by atoms with Gasteiger partial charge in [-0.3, -0.25) is 4.65 Å². The van der Waals surface area contributed by atoms with Crippen LogP contribution >= 0.6 is 0 Å². The first-order valence-electron chi connectivity index (χ1n) is 4.33. The van der Waals surface area contributed by atoms with E-state index >= 15 is 0 Å². The highest BCUT2D eigenvalue weighted by atomic mass is 16.5. The van der Waals surface area contributed by atoms with Gasteiger partial charge in [0.25, 0.3) is 0 Å². The van der Waals surface area contributed by atoms with Crippen molar-refractivity contribution in [3.05, 3.63) is 47.4 Å². The van der Waals surface area contributed by atoms with Crippen molar-refractivity contribution >= 4 is 12.0 Å². The molecule has 1 heterocycles. The van der Waals surface area contributed by atoms with Crippen LogP contribution in [-0.2, 0) is 6.54 Å². The number of nitrogen functional groups attached to an aromatic ring is 1. The molecule has 1 aliphatic rings. The number of nitrogens with two attached hydrogens (primary N) is 1. The number of hydrogen-bond donors (Lipinski definition) is 1. The largest absolute Gasteiger partial charge is 0.621 e. The lowest BCUT2D eigenvalue weighted by molar-refractivity contribution is -0.738. The summed E-state index contributed by atoms with van der Waals surface area (Å²) in [6.07, 6.45) is 4.38. The third kappa shape index (κ3) is 1.81. The zero-order valence-corrected chi connectivity index (χ0v) is 7.63. The van der Waals surface area contributed by atoms with Crippen molar-refractivity contribution in [2.24, 2.45) is 4.99 Å². The average Bonchev–Trinajstić information content (AvgIpc) is 2.51. The molecule has 1 atom stereocenters. The van der Waals surface area contributed by atoms with Crippen LogP contribution in [0.5, 0.6) is 0 Å². The Bertz CT molecular complexity index is 386. The Kier molecular flexibility index (Phi) is 2.07. The zero-order valence-electron chi connectivity index (χ0n) is 7.63. The van der Waals surface area contributed by atoms with E-state index in [1.165, 1.54) is 18.7 Å². The van der Waals surface area contributed by atoms with Crippen LogP contribution < -0.4 is 5.73 Å². The van der Waals surface area contributed by atoms with Crippen LogP contribution in [0, 0.1) is 5.21 Å². The standard InChI is InChI=1S/C10H11N3O/c11-10-3-1-2-9(6-10)7-13(14)5-4-12-8-13/h1-6,8H,7,11H2.